The van der Waals surface area contributed by atoms with E-state index in [2.05, 4.69) is 11.8 Å². The van der Waals surface area contributed by atoms with E-state index in [1.165, 1.54) is 25.8 Å². The molecule has 2 nitrogen and oxygen atoms in total. The molecule has 0 amide bonds. The molecule has 0 bridgehead atoms. The second-order valence-electron chi connectivity index (χ2n) is 4.02. The van der Waals surface area contributed by atoms with Gasteiger partial charge in [-0.15, -0.1) is 0 Å². The molecule has 1 rings (SSSR count). The molecular weight excluding hydrogens is 162 g/mol. The van der Waals surface area contributed by atoms with Crippen molar-refractivity contribution in [3.8, 4) is 0 Å². The van der Waals surface area contributed by atoms with Crippen molar-refractivity contribution in [2.75, 3.05) is 19.6 Å². The van der Waals surface area contributed by atoms with E-state index < -0.39 is 0 Å². The third kappa shape index (κ3) is 3.90. The Labute approximate surface area is 81.3 Å². The molecule has 0 spiro atoms. The van der Waals surface area contributed by atoms with E-state index in [4.69, 9.17) is 0 Å². The largest absolute Gasteiger partial charge is 0.303 e. The Balaban J connectivity index is 2.07. The highest BCUT2D eigenvalue weighted by Crippen LogP contribution is 2.15. The van der Waals surface area contributed by atoms with Gasteiger partial charge in [-0.2, -0.15) is 0 Å². The Morgan fingerprint density at radius 1 is 1.31 bits per heavy atom. The summed E-state index contributed by atoms with van der Waals surface area (Å²) in [4.78, 5) is 13.0. The first-order chi connectivity index (χ1) is 6.36. The number of piperidine rings is 1. The first-order valence-electron chi connectivity index (χ1n) is 5.54. The fourth-order valence-electron chi connectivity index (χ4n) is 1.90. The number of hydrogen-bond acceptors (Lipinski definition) is 2. The van der Waals surface area contributed by atoms with E-state index in [0.29, 0.717) is 5.92 Å². The molecule has 13 heavy (non-hydrogen) atoms. The van der Waals surface area contributed by atoms with Crippen LogP contribution < -0.4 is 0 Å². The first-order valence-corrected chi connectivity index (χ1v) is 5.54. The third-order valence-electron chi connectivity index (χ3n) is 2.90. The van der Waals surface area contributed by atoms with Gasteiger partial charge in [0.2, 0.25) is 0 Å². The highest BCUT2D eigenvalue weighted by Gasteiger charge is 2.17. The van der Waals surface area contributed by atoms with Crippen LogP contribution in [0.5, 0.6) is 0 Å². The molecule has 0 aliphatic carbocycles. The number of carbonyl (C=O) groups is 1. The molecule has 0 atom stereocenters. The topological polar surface area (TPSA) is 20.3 Å². The molecule has 76 valence electrons. The molecule has 1 saturated heterocycles. The summed E-state index contributed by atoms with van der Waals surface area (Å²) < 4.78 is 0. The fraction of sp³-hybridized carbons (Fsp3) is 0.909. The van der Waals surface area contributed by atoms with Crippen molar-refractivity contribution >= 4 is 6.29 Å². The van der Waals surface area contributed by atoms with Crippen molar-refractivity contribution < 1.29 is 4.79 Å². The molecule has 1 fully saturated rings. The van der Waals surface area contributed by atoms with Crippen LogP contribution in [0.2, 0.25) is 0 Å². The van der Waals surface area contributed by atoms with Gasteiger partial charge in [-0.3, -0.25) is 0 Å². The van der Waals surface area contributed by atoms with Crippen LogP contribution in [0.3, 0.4) is 0 Å². The summed E-state index contributed by atoms with van der Waals surface area (Å²) in [5.41, 5.74) is 0. The summed E-state index contributed by atoms with van der Waals surface area (Å²) >= 11 is 0. The molecule has 0 N–H and O–H groups in total. The van der Waals surface area contributed by atoms with Crippen LogP contribution in [-0.2, 0) is 4.79 Å². The van der Waals surface area contributed by atoms with Crippen molar-refractivity contribution in [1.29, 1.82) is 0 Å². The van der Waals surface area contributed by atoms with Crippen molar-refractivity contribution in [3.05, 3.63) is 0 Å². The maximum Gasteiger partial charge on any atom is 0.123 e. The number of unbranched alkanes of at least 4 members (excludes halogenated alkanes) is 2. The Bertz CT molecular complexity index is 139. The number of aldehydes is 1. The summed E-state index contributed by atoms with van der Waals surface area (Å²) in [6, 6.07) is 0. The zero-order valence-electron chi connectivity index (χ0n) is 8.67. The minimum absolute atomic E-state index is 0.349. The molecular formula is C11H21NO. The van der Waals surface area contributed by atoms with Crippen LogP contribution in [0.1, 0.15) is 39.0 Å². The molecule has 0 radical (unpaired) electrons. The molecule has 1 aliphatic rings. The molecule has 0 aromatic carbocycles. The highest BCUT2D eigenvalue weighted by atomic mass is 16.1. The van der Waals surface area contributed by atoms with Gasteiger partial charge in [0.25, 0.3) is 0 Å². The van der Waals surface area contributed by atoms with Gasteiger partial charge in [-0.1, -0.05) is 19.8 Å². The lowest BCUT2D eigenvalue weighted by atomic mass is 9.98. The maximum absolute atomic E-state index is 10.5. The Hall–Kier alpha value is -0.370. The number of nitrogens with zero attached hydrogens (tertiary/aromatic N) is 1. The van der Waals surface area contributed by atoms with Crippen LogP contribution >= 0.6 is 0 Å². The van der Waals surface area contributed by atoms with Gasteiger partial charge in [0.05, 0.1) is 0 Å². The summed E-state index contributed by atoms with van der Waals surface area (Å²) in [5.74, 6) is 0.349. The second-order valence-corrected chi connectivity index (χ2v) is 4.02. The van der Waals surface area contributed by atoms with E-state index in [9.17, 15) is 4.79 Å². The lowest BCUT2D eigenvalue weighted by Crippen LogP contribution is -2.34. The third-order valence-corrected chi connectivity index (χ3v) is 2.90. The van der Waals surface area contributed by atoms with Gasteiger partial charge in [0.15, 0.2) is 0 Å². The highest BCUT2D eigenvalue weighted by molar-refractivity contribution is 5.53. The smallest absolute Gasteiger partial charge is 0.123 e. The van der Waals surface area contributed by atoms with E-state index in [0.717, 1.165) is 32.2 Å². The van der Waals surface area contributed by atoms with Gasteiger partial charge < -0.3 is 9.69 Å². The Kier molecular flexibility index (Phi) is 5.06. The number of likely N-dealkylation sites (tertiary alicyclic amines) is 1. The number of rotatable bonds is 5. The lowest BCUT2D eigenvalue weighted by molar-refractivity contribution is -0.112. The second kappa shape index (κ2) is 6.14. The van der Waals surface area contributed by atoms with E-state index >= 15 is 0 Å². The average molecular weight is 183 g/mol. The molecule has 0 unspecified atom stereocenters. The SMILES string of the molecule is CCCCCN1CCC(C=O)CC1. The predicted octanol–water partition coefficient (Wildman–Crippen LogP) is 2.09. The van der Waals surface area contributed by atoms with Gasteiger partial charge in [-0.25, -0.2) is 0 Å². The average Bonchev–Trinajstić information content (AvgIpc) is 2.19. The summed E-state index contributed by atoms with van der Waals surface area (Å²) in [6.45, 7) is 5.73. The molecule has 0 saturated carbocycles. The van der Waals surface area contributed by atoms with Crippen LogP contribution in [0.15, 0.2) is 0 Å². The van der Waals surface area contributed by atoms with Crippen LogP contribution in [0.4, 0.5) is 0 Å². The van der Waals surface area contributed by atoms with Crippen molar-refractivity contribution in [2.24, 2.45) is 5.92 Å². The molecule has 1 heterocycles. The first kappa shape index (κ1) is 10.7. The minimum Gasteiger partial charge on any atom is -0.303 e. The Morgan fingerprint density at radius 3 is 2.54 bits per heavy atom. The van der Waals surface area contributed by atoms with Crippen LogP contribution in [-0.4, -0.2) is 30.8 Å². The van der Waals surface area contributed by atoms with E-state index in [1.807, 2.05) is 0 Å². The quantitative estimate of drug-likeness (QED) is 0.480. The van der Waals surface area contributed by atoms with E-state index in [-0.39, 0.29) is 0 Å². The van der Waals surface area contributed by atoms with Gasteiger partial charge in [0, 0.05) is 5.92 Å². The summed E-state index contributed by atoms with van der Waals surface area (Å²) in [5, 5.41) is 0. The minimum atomic E-state index is 0.349. The number of hydrogen-bond donors (Lipinski definition) is 0. The van der Waals surface area contributed by atoms with Crippen molar-refractivity contribution in [2.45, 2.75) is 39.0 Å². The maximum atomic E-state index is 10.5. The van der Waals surface area contributed by atoms with Crippen LogP contribution in [0.25, 0.3) is 0 Å². The standard InChI is InChI=1S/C11H21NO/c1-2-3-4-7-12-8-5-11(10-13)6-9-12/h10-11H,2-9H2,1H3. The predicted molar refractivity (Wildman–Crippen MR) is 54.8 cm³/mol. The zero-order chi connectivity index (χ0) is 9.52. The van der Waals surface area contributed by atoms with E-state index in [1.54, 1.807) is 0 Å². The van der Waals surface area contributed by atoms with Crippen molar-refractivity contribution in [1.82, 2.24) is 4.90 Å². The Morgan fingerprint density at radius 2 is 2.00 bits per heavy atom. The molecule has 0 aromatic heterocycles. The monoisotopic (exact) mass is 183 g/mol. The lowest BCUT2D eigenvalue weighted by Gasteiger charge is -2.29. The summed E-state index contributed by atoms with van der Waals surface area (Å²) in [7, 11) is 0. The molecule has 1 aliphatic heterocycles. The van der Waals surface area contributed by atoms with Gasteiger partial charge >= 0.3 is 0 Å². The van der Waals surface area contributed by atoms with Gasteiger partial charge in [-0.05, 0) is 38.9 Å². The van der Waals surface area contributed by atoms with Crippen LogP contribution in [0, 0.1) is 5.92 Å². The fourth-order valence-corrected chi connectivity index (χ4v) is 1.90. The molecule has 2 heteroatoms. The number of carbonyl (C=O) groups excluding carboxylic acids is 1. The molecule has 0 aromatic rings. The van der Waals surface area contributed by atoms with Gasteiger partial charge in [0.1, 0.15) is 6.29 Å². The van der Waals surface area contributed by atoms with Crippen molar-refractivity contribution in [3.63, 3.8) is 0 Å². The normalized spacial score (nSPS) is 20.4. The summed E-state index contributed by atoms with van der Waals surface area (Å²) in [6.07, 6.45) is 7.25. The zero-order valence-corrected chi connectivity index (χ0v) is 8.67.